The van der Waals surface area contributed by atoms with Crippen molar-refractivity contribution < 1.29 is 4.79 Å². The van der Waals surface area contributed by atoms with E-state index in [0.717, 1.165) is 30.3 Å². The van der Waals surface area contributed by atoms with Crippen LogP contribution in [-0.2, 0) is 6.54 Å². The molecule has 0 atom stereocenters. The van der Waals surface area contributed by atoms with E-state index in [-0.39, 0.29) is 5.91 Å². The van der Waals surface area contributed by atoms with Gasteiger partial charge in [-0.3, -0.25) is 4.79 Å². The quantitative estimate of drug-likeness (QED) is 0.292. The van der Waals surface area contributed by atoms with Gasteiger partial charge in [0.1, 0.15) is 11.6 Å². The van der Waals surface area contributed by atoms with E-state index in [1.54, 1.807) is 24.4 Å². The molecule has 1 aromatic carbocycles. The smallest absolute Gasteiger partial charge is 0.265 e. The lowest BCUT2D eigenvalue weighted by Gasteiger charge is -2.08. The molecule has 0 aliphatic heterocycles. The number of rotatable bonds is 9. The number of para-hydroxylation sites is 1. The van der Waals surface area contributed by atoms with Gasteiger partial charge in [0, 0.05) is 25.5 Å². The number of hydrogen-bond donors (Lipinski definition) is 3. The maximum absolute atomic E-state index is 12.5. The van der Waals surface area contributed by atoms with E-state index in [2.05, 4.69) is 25.9 Å². The number of halogens is 1. The first-order chi connectivity index (χ1) is 15.2. The third-order valence-corrected chi connectivity index (χ3v) is 5.74. The zero-order valence-corrected chi connectivity index (χ0v) is 18.2. The maximum Gasteiger partial charge on any atom is 0.265 e. The van der Waals surface area contributed by atoms with E-state index in [9.17, 15) is 4.79 Å². The van der Waals surface area contributed by atoms with Gasteiger partial charge in [0.25, 0.3) is 5.91 Å². The molecule has 0 aliphatic rings. The molecule has 4 rings (SSSR count). The second-order valence-electron chi connectivity index (χ2n) is 6.71. The maximum atomic E-state index is 12.5. The number of aryl methyl sites for hydroxylation is 1. The van der Waals surface area contributed by atoms with Crippen molar-refractivity contribution in [2.75, 3.05) is 22.5 Å². The summed E-state index contributed by atoms with van der Waals surface area (Å²) in [5, 5.41) is 10.8. The minimum Gasteiger partial charge on any atom is -0.370 e. The van der Waals surface area contributed by atoms with Crippen LogP contribution < -0.4 is 16.0 Å². The summed E-state index contributed by atoms with van der Waals surface area (Å²) in [6.45, 7) is 1.71. The van der Waals surface area contributed by atoms with Crippen LogP contribution in [0.25, 0.3) is 0 Å². The van der Waals surface area contributed by atoms with Gasteiger partial charge in [-0.25, -0.2) is 9.97 Å². The van der Waals surface area contributed by atoms with E-state index < -0.39 is 0 Å². The lowest BCUT2D eigenvalue weighted by Crippen LogP contribution is -2.10. The summed E-state index contributed by atoms with van der Waals surface area (Å²) < 4.78 is 2.04. The highest BCUT2D eigenvalue weighted by Gasteiger charge is 2.11. The number of thiophene rings is 1. The molecule has 0 unspecified atom stereocenters. The normalized spacial score (nSPS) is 10.6. The van der Waals surface area contributed by atoms with E-state index in [4.69, 9.17) is 11.6 Å². The van der Waals surface area contributed by atoms with Gasteiger partial charge in [0.2, 0.25) is 0 Å². The molecule has 0 bridgehead atoms. The van der Waals surface area contributed by atoms with Crippen LogP contribution in [0.2, 0.25) is 5.02 Å². The third-order valence-electron chi connectivity index (χ3n) is 4.41. The molecule has 3 N–H and O–H groups in total. The predicted molar refractivity (Wildman–Crippen MR) is 127 cm³/mol. The molecule has 0 fully saturated rings. The highest BCUT2D eigenvalue weighted by Crippen LogP contribution is 2.27. The first-order valence-electron chi connectivity index (χ1n) is 9.77. The van der Waals surface area contributed by atoms with E-state index in [0.29, 0.717) is 21.4 Å². The Hall–Kier alpha value is -3.36. The van der Waals surface area contributed by atoms with Gasteiger partial charge in [-0.15, -0.1) is 11.3 Å². The zero-order chi connectivity index (χ0) is 21.5. The highest BCUT2D eigenvalue weighted by molar-refractivity contribution is 7.18. The zero-order valence-electron chi connectivity index (χ0n) is 16.6. The summed E-state index contributed by atoms with van der Waals surface area (Å²) in [6.07, 6.45) is 6.50. The van der Waals surface area contributed by atoms with Crippen LogP contribution in [0.3, 0.4) is 0 Å². The van der Waals surface area contributed by atoms with Gasteiger partial charge in [0.15, 0.2) is 0 Å². The Morgan fingerprint density at radius 1 is 1.06 bits per heavy atom. The number of anilines is 4. The minimum absolute atomic E-state index is 0.201. The average molecular weight is 453 g/mol. The Kier molecular flexibility index (Phi) is 6.81. The molecule has 0 saturated carbocycles. The van der Waals surface area contributed by atoms with Crippen molar-refractivity contribution >= 4 is 51.2 Å². The molecule has 0 aliphatic carbocycles. The number of aromatic nitrogens is 3. The molecule has 9 heteroatoms. The van der Waals surface area contributed by atoms with Crippen LogP contribution in [0, 0.1) is 0 Å². The Morgan fingerprint density at radius 3 is 2.77 bits per heavy atom. The van der Waals surface area contributed by atoms with Crippen LogP contribution in [-0.4, -0.2) is 27.0 Å². The number of carbonyl (C=O) groups is 1. The summed E-state index contributed by atoms with van der Waals surface area (Å²) in [7, 11) is 0. The SMILES string of the molecule is O=C(Nc1ccccc1Cl)c1ccc(Nc2cccc(NCCCn3ccnc3)n2)s1. The van der Waals surface area contributed by atoms with Crippen molar-refractivity contribution in [3.8, 4) is 0 Å². The largest absolute Gasteiger partial charge is 0.370 e. The topological polar surface area (TPSA) is 83.9 Å². The first kappa shape index (κ1) is 20.9. The molecule has 31 heavy (non-hydrogen) atoms. The number of nitrogens with zero attached hydrogens (tertiary/aromatic N) is 3. The fourth-order valence-corrected chi connectivity index (χ4v) is 3.89. The molecule has 7 nitrogen and oxygen atoms in total. The van der Waals surface area contributed by atoms with Gasteiger partial charge in [0.05, 0.1) is 26.9 Å². The summed E-state index contributed by atoms with van der Waals surface area (Å²) in [4.78, 5) is 21.7. The van der Waals surface area contributed by atoms with Crippen LogP contribution in [0.5, 0.6) is 0 Å². The van der Waals surface area contributed by atoms with Gasteiger partial charge in [-0.05, 0) is 42.8 Å². The molecular weight excluding hydrogens is 432 g/mol. The van der Waals surface area contributed by atoms with Crippen molar-refractivity contribution in [2.24, 2.45) is 0 Å². The van der Waals surface area contributed by atoms with Crippen LogP contribution >= 0.6 is 22.9 Å². The first-order valence-corrected chi connectivity index (χ1v) is 11.0. The lowest BCUT2D eigenvalue weighted by molar-refractivity contribution is 0.103. The van der Waals surface area contributed by atoms with Crippen molar-refractivity contribution in [1.82, 2.24) is 14.5 Å². The van der Waals surface area contributed by atoms with Crippen molar-refractivity contribution in [2.45, 2.75) is 13.0 Å². The monoisotopic (exact) mass is 452 g/mol. The summed E-state index contributed by atoms with van der Waals surface area (Å²) in [5.41, 5.74) is 0.588. The Balaban J connectivity index is 1.31. The number of pyridine rings is 1. The van der Waals surface area contributed by atoms with Crippen molar-refractivity contribution in [1.29, 1.82) is 0 Å². The van der Waals surface area contributed by atoms with Gasteiger partial charge in [-0.1, -0.05) is 29.8 Å². The lowest BCUT2D eigenvalue weighted by atomic mass is 10.3. The van der Waals surface area contributed by atoms with Gasteiger partial charge in [-0.2, -0.15) is 0 Å². The summed E-state index contributed by atoms with van der Waals surface area (Å²) >= 11 is 7.46. The molecule has 0 spiro atoms. The second-order valence-corrected chi connectivity index (χ2v) is 8.20. The van der Waals surface area contributed by atoms with Crippen molar-refractivity contribution in [3.63, 3.8) is 0 Å². The Morgan fingerprint density at radius 2 is 1.94 bits per heavy atom. The highest BCUT2D eigenvalue weighted by atomic mass is 35.5. The molecular formula is C22H21ClN6OS. The van der Waals surface area contributed by atoms with Crippen molar-refractivity contribution in [3.05, 3.63) is 83.2 Å². The number of hydrogen-bond acceptors (Lipinski definition) is 6. The number of amides is 1. The molecule has 1 amide bonds. The molecule has 3 heterocycles. The van der Waals surface area contributed by atoms with Crippen LogP contribution in [0.4, 0.5) is 22.3 Å². The second kappa shape index (κ2) is 10.1. The fourth-order valence-electron chi connectivity index (χ4n) is 2.90. The van der Waals surface area contributed by atoms with Gasteiger partial charge >= 0.3 is 0 Å². The summed E-state index contributed by atoms with van der Waals surface area (Å²) in [6, 6.07) is 16.5. The van der Waals surface area contributed by atoms with E-state index in [1.807, 2.05) is 53.5 Å². The third kappa shape index (κ3) is 5.84. The molecule has 158 valence electrons. The number of nitrogens with one attached hydrogen (secondary N) is 3. The summed E-state index contributed by atoms with van der Waals surface area (Å²) in [5.74, 6) is 1.30. The molecule has 4 aromatic rings. The van der Waals surface area contributed by atoms with E-state index in [1.165, 1.54) is 11.3 Å². The van der Waals surface area contributed by atoms with Crippen LogP contribution in [0.15, 0.2) is 73.3 Å². The molecule has 0 saturated heterocycles. The standard InChI is InChI=1S/C22H21ClN6OS/c23-16-5-1-2-6-17(16)26-22(30)18-9-10-21(31-18)28-20-8-3-7-19(27-20)25-11-4-13-29-14-12-24-15-29/h1-3,5-10,12,14-15H,4,11,13H2,(H,26,30)(H2,25,27,28). The van der Waals surface area contributed by atoms with Crippen LogP contribution in [0.1, 0.15) is 16.1 Å². The molecule has 0 radical (unpaired) electrons. The number of benzene rings is 1. The molecule has 3 aromatic heterocycles. The fraction of sp³-hybridized carbons (Fsp3) is 0.136. The number of carbonyl (C=O) groups excluding carboxylic acids is 1. The predicted octanol–water partition coefficient (Wildman–Crippen LogP) is 5.49. The van der Waals surface area contributed by atoms with E-state index >= 15 is 0 Å². The van der Waals surface area contributed by atoms with Gasteiger partial charge < -0.3 is 20.5 Å². The number of imidazole rings is 1. The average Bonchev–Trinajstić information content (AvgIpc) is 3.45. The minimum atomic E-state index is -0.201. The Bertz CT molecular complexity index is 1140. The Labute approximate surface area is 189 Å².